The number of amides is 1. The van der Waals surface area contributed by atoms with Crippen molar-refractivity contribution >= 4 is 33.2 Å². The van der Waals surface area contributed by atoms with Gasteiger partial charge in [-0.25, -0.2) is 0 Å². The van der Waals surface area contributed by atoms with Gasteiger partial charge in [-0.05, 0) is 46.5 Å². The summed E-state index contributed by atoms with van der Waals surface area (Å²) in [5.41, 5.74) is 3.16. The Morgan fingerprint density at radius 2 is 1.94 bits per heavy atom. The molecule has 2 rings (SSSR count). The van der Waals surface area contributed by atoms with E-state index in [0.717, 1.165) is 11.8 Å². The Bertz CT molecular complexity index is 493. The molecule has 0 aliphatic rings. The van der Waals surface area contributed by atoms with Gasteiger partial charge in [0, 0.05) is 17.4 Å². The van der Waals surface area contributed by atoms with Crippen LogP contribution in [0.25, 0.3) is 0 Å². The topological polar surface area (TPSA) is 29.1 Å². The van der Waals surface area contributed by atoms with E-state index in [4.69, 9.17) is 0 Å². The molecule has 0 saturated heterocycles. The Morgan fingerprint density at radius 3 is 2.56 bits per heavy atom. The third kappa shape index (κ3) is 3.68. The van der Waals surface area contributed by atoms with Crippen LogP contribution in [0.2, 0.25) is 0 Å². The molecule has 1 N–H and O–H groups in total. The van der Waals surface area contributed by atoms with E-state index >= 15 is 0 Å². The number of nitrogens with one attached hydrogen (secondary N) is 1. The van der Waals surface area contributed by atoms with Crippen LogP contribution in [0.15, 0.2) is 41.1 Å². The van der Waals surface area contributed by atoms with E-state index in [9.17, 15) is 4.79 Å². The van der Waals surface area contributed by atoms with Gasteiger partial charge in [-0.1, -0.05) is 28.1 Å². The molecule has 0 bridgehead atoms. The van der Waals surface area contributed by atoms with Crippen molar-refractivity contribution in [2.45, 2.75) is 11.8 Å². The highest BCUT2D eigenvalue weighted by Gasteiger charge is 2.04. The van der Waals surface area contributed by atoms with Crippen molar-refractivity contribution in [3.05, 3.63) is 57.8 Å². The summed E-state index contributed by atoms with van der Waals surface area (Å²) in [6, 6.07) is 9.72. The first-order valence-electron chi connectivity index (χ1n) is 5.74. The average Bonchev–Trinajstić information content (AvgIpc) is 2.92. The second-order valence-corrected chi connectivity index (χ2v) is 5.31. The molecule has 18 heavy (non-hydrogen) atoms. The first kappa shape index (κ1) is 13.3. The summed E-state index contributed by atoms with van der Waals surface area (Å²) in [7, 11) is 0. The fraction of sp³-hybridized carbons (Fsp3) is 0.214. The summed E-state index contributed by atoms with van der Waals surface area (Å²) >= 11 is 5.07. The molecule has 0 aliphatic heterocycles. The molecule has 2 aromatic rings. The number of alkyl halides is 1. The van der Waals surface area contributed by atoms with Crippen LogP contribution in [-0.2, 0) is 11.8 Å². The van der Waals surface area contributed by atoms with Crippen LogP contribution in [0.4, 0.5) is 0 Å². The summed E-state index contributed by atoms with van der Waals surface area (Å²) in [5, 5.41) is 7.90. The Morgan fingerprint density at radius 1 is 1.17 bits per heavy atom. The fourth-order valence-corrected chi connectivity index (χ4v) is 2.68. The highest BCUT2D eigenvalue weighted by atomic mass is 79.9. The van der Waals surface area contributed by atoms with Crippen LogP contribution < -0.4 is 5.32 Å². The van der Waals surface area contributed by atoms with Gasteiger partial charge < -0.3 is 5.32 Å². The minimum atomic E-state index is -0.00801. The average molecular weight is 324 g/mol. The van der Waals surface area contributed by atoms with E-state index in [1.807, 2.05) is 24.3 Å². The van der Waals surface area contributed by atoms with E-state index in [2.05, 4.69) is 38.1 Å². The molecular weight excluding hydrogens is 310 g/mol. The van der Waals surface area contributed by atoms with Crippen LogP contribution in [0.5, 0.6) is 0 Å². The lowest BCUT2D eigenvalue weighted by Crippen LogP contribution is -2.25. The van der Waals surface area contributed by atoms with E-state index in [1.54, 1.807) is 11.3 Å². The third-order valence-corrected chi connectivity index (χ3v) is 4.03. The summed E-state index contributed by atoms with van der Waals surface area (Å²) in [6.45, 7) is 0.676. The Kier molecular flexibility index (Phi) is 4.96. The van der Waals surface area contributed by atoms with Crippen molar-refractivity contribution in [3.63, 3.8) is 0 Å². The molecule has 1 aromatic heterocycles. The minimum absolute atomic E-state index is 0.00801. The van der Waals surface area contributed by atoms with Gasteiger partial charge in [-0.3, -0.25) is 4.79 Å². The summed E-state index contributed by atoms with van der Waals surface area (Å²) < 4.78 is 0. The lowest BCUT2D eigenvalue weighted by atomic mass is 10.1. The van der Waals surface area contributed by atoms with Gasteiger partial charge in [0.15, 0.2) is 0 Å². The molecule has 0 spiro atoms. The SMILES string of the molecule is O=C(NCCc1ccsc1)c1ccc(CBr)cc1. The van der Waals surface area contributed by atoms with Crippen LogP contribution in [-0.4, -0.2) is 12.5 Å². The zero-order chi connectivity index (χ0) is 12.8. The molecule has 1 heterocycles. The molecule has 0 radical (unpaired) electrons. The molecule has 0 fully saturated rings. The van der Waals surface area contributed by atoms with Crippen LogP contribution in [0, 0.1) is 0 Å². The van der Waals surface area contributed by atoms with Gasteiger partial charge in [0.05, 0.1) is 0 Å². The fourth-order valence-electron chi connectivity index (χ4n) is 1.60. The molecule has 0 aliphatic carbocycles. The normalized spacial score (nSPS) is 10.3. The van der Waals surface area contributed by atoms with Crippen molar-refractivity contribution in [2.24, 2.45) is 0 Å². The molecular formula is C14H14BrNOS. The number of hydrogen-bond donors (Lipinski definition) is 1. The maximum Gasteiger partial charge on any atom is 0.251 e. The maximum atomic E-state index is 11.9. The van der Waals surface area contributed by atoms with Crippen molar-refractivity contribution in [1.29, 1.82) is 0 Å². The standard InChI is InChI=1S/C14H14BrNOS/c15-9-11-1-3-13(4-2-11)14(17)16-7-5-12-6-8-18-10-12/h1-4,6,8,10H,5,7,9H2,(H,16,17). The molecule has 0 saturated carbocycles. The van der Waals surface area contributed by atoms with Crippen molar-refractivity contribution in [1.82, 2.24) is 5.32 Å². The monoisotopic (exact) mass is 323 g/mol. The molecule has 94 valence electrons. The number of rotatable bonds is 5. The Balaban J connectivity index is 1.83. The molecule has 1 amide bonds. The number of benzene rings is 1. The van der Waals surface area contributed by atoms with E-state index in [-0.39, 0.29) is 5.91 Å². The third-order valence-electron chi connectivity index (χ3n) is 2.65. The maximum absolute atomic E-state index is 11.9. The van der Waals surface area contributed by atoms with Gasteiger partial charge >= 0.3 is 0 Å². The van der Waals surface area contributed by atoms with Crippen molar-refractivity contribution in [2.75, 3.05) is 6.54 Å². The number of carbonyl (C=O) groups excluding carboxylic acids is 1. The van der Waals surface area contributed by atoms with Crippen molar-refractivity contribution in [3.8, 4) is 0 Å². The predicted molar refractivity (Wildman–Crippen MR) is 79.4 cm³/mol. The number of halogens is 1. The molecule has 0 unspecified atom stereocenters. The lowest BCUT2D eigenvalue weighted by molar-refractivity contribution is 0.0954. The molecule has 0 atom stereocenters. The molecule has 1 aromatic carbocycles. The van der Waals surface area contributed by atoms with E-state index in [0.29, 0.717) is 12.1 Å². The Labute approximate surface area is 119 Å². The van der Waals surface area contributed by atoms with Gasteiger partial charge in [0.2, 0.25) is 0 Å². The minimum Gasteiger partial charge on any atom is -0.352 e. The van der Waals surface area contributed by atoms with Crippen LogP contribution in [0.1, 0.15) is 21.5 Å². The smallest absolute Gasteiger partial charge is 0.251 e. The second-order valence-electron chi connectivity index (χ2n) is 3.97. The first-order valence-corrected chi connectivity index (χ1v) is 7.80. The first-order chi connectivity index (χ1) is 8.79. The summed E-state index contributed by atoms with van der Waals surface area (Å²) in [4.78, 5) is 11.9. The van der Waals surface area contributed by atoms with E-state index < -0.39 is 0 Å². The summed E-state index contributed by atoms with van der Waals surface area (Å²) in [6.07, 6.45) is 0.884. The van der Waals surface area contributed by atoms with Gasteiger partial charge in [0.1, 0.15) is 0 Å². The number of thiophene rings is 1. The van der Waals surface area contributed by atoms with Crippen LogP contribution in [0.3, 0.4) is 0 Å². The van der Waals surface area contributed by atoms with Gasteiger partial charge in [0.25, 0.3) is 5.91 Å². The Hall–Kier alpha value is -1.13. The molecule has 2 nitrogen and oxygen atoms in total. The highest BCUT2D eigenvalue weighted by molar-refractivity contribution is 9.08. The molecule has 4 heteroatoms. The number of carbonyl (C=O) groups is 1. The van der Waals surface area contributed by atoms with Crippen molar-refractivity contribution < 1.29 is 4.79 Å². The predicted octanol–water partition coefficient (Wildman–Crippen LogP) is 3.62. The van der Waals surface area contributed by atoms with Gasteiger partial charge in [-0.2, -0.15) is 11.3 Å². The lowest BCUT2D eigenvalue weighted by Gasteiger charge is -2.05. The zero-order valence-corrected chi connectivity index (χ0v) is 12.3. The summed E-state index contributed by atoms with van der Waals surface area (Å²) in [5.74, 6) is -0.00801. The number of hydrogen-bond acceptors (Lipinski definition) is 2. The second kappa shape index (κ2) is 6.71. The van der Waals surface area contributed by atoms with Crippen LogP contribution >= 0.6 is 27.3 Å². The highest BCUT2D eigenvalue weighted by Crippen LogP contribution is 2.08. The zero-order valence-electron chi connectivity index (χ0n) is 9.86. The van der Waals surface area contributed by atoms with Gasteiger partial charge in [-0.15, -0.1) is 0 Å². The van der Waals surface area contributed by atoms with E-state index in [1.165, 1.54) is 11.1 Å². The quantitative estimate of drug-likeness (QED) is 0.837. The largest absolute Gasteiger partial charge is 0.352 e.